The normalized spacial score (nSPS) is 11.3. The number of carbonyl (C=O) groups excluding carboxylic acids is 1. The molecule has 0 saturated carbocycles. The van der Waals surface area contributed by atoms with Crippen LogP contribution in [0.4, 0.5) is 5.69 Å². The van der Waals surface area contributed by atoms with Gasteiger partial charge in [-0.25, -0.2) is 8.42 Å². The zero-order chi connectivity index (χ0) is 19.3. The molecule has 0 aliphatic heterocycles. The van der Waals surface area contributed by atoms with Crippen molar-refractivity contribution >= 4 is 33.2 Å². The molecular formula is C18H21ClN2O4S. The largest absolute Gasteiger partial charge is 0.497 e. The molecule has 26 heavy (non-hydrogen) atoms. The number of ether oxygens (including phenoxy) is 1. The second kappa shape index (κ2) is 8.42. The van der Waals surface area contributed by atoms with E-state index in [9.17, 15) is 13.2 Å². The third kappa shape index (κ3) is 5.12. The van der Waals surface area contributed by atoms with E-state index in [0.717, 1.165) is 0 Å². The van der Waals surface area contributed by atoms with E-state index >= 15 is 0 Å². The van der Waals surface area contributed by atoms with Gasteiger partial charge in [0.25, 0.3) is 15.9 Å². The van der Waals surface area contributed by atoms with Gasteiger partial charge in [-0.1, -0.05) is 25.4 Å². The van der Waals surface area contributed by atoms with Gasteiger partial charge in [-0.15, -0.1) is 0 Å². The molecule has 0 aromatic heterocycles. The van der Waals surface area contributed by atoms with Crippen molar-refractivity contribution in [2.24, 2.45) is 5.92 Å². The Morgan fingerprint density at radius 1 is 1.15 bits per heavy atom. The first-order valence-electron chi connectivity index (χ1n) is 7.97. The molecular weight excluding hydrogens is 376 g/mol. The van der Waals surface area contributed by atoms with Crippen LogP contribution in [0.25, 0.3) is 0 Å². The first kappa shape index (κ1) is 20.1. The van der Waals surface area contributed by atoms with Gasteiger partial charge < -0.3 is 10.1 Å². The number of halogens is 1. The lowest BCUT2D eigenvalue weighted by Gasteiger charge is -2.12. The van der Waals surface area contributed by atoms with Crippen LogP contribution in [0.3, 0.4) is 0 Å². The van der Waals surface area contributed by atoms with Gasteiger partial charge in [-0.2, -0.15) is 0 Å². The maximum atomic E-state index is 12.4. The second-order valence-corrected chi connectivity index (χ2v) is 8.17. The maximum Gasteiger partial charge on any atom is 0.261 e. The summed E-state index contributed by atoms with van der Waals surface area (Å²) in [6.45, 7) is 4.50. The smallest absolute Gasteiger partial charge is 0.261 e. The summed E-state index contributed by atoms with van der Waals surface area (Å²) in [6, 6.07) is 10.4. The van der Waals surface area contributed by atoms with Gasteiger partial charge in [0, 0.05) is 6.54 Å². The Hall–Kier alpha value is -2.25. The van der Waals surface area contributed by atoms with Crippen molar-refractivity contribution in [3.63, 3.8) is 0 Å². The molecule has 6 nitrogen and oxygen atoms in total. The zero-order valence-electron chi connectivity index (χ0n) is 14.7. The highest BCUT2D eigenvalue weighted by Gasteiger charge is 2.16. The number of sulfonamides is 1. The van der Waals surface area contributed by atoms with Crippen LogP contribution in [-0.2, 0) is 10.0 Å². The minimum Gasteiger partial charge on any atom is -0.497 e. The van der Waals surface area contributed by atoms with Crippen LogP contribution in [0.2, 0.25) is 5.02 Å². The summed E-state index contributed by atoms with van der Waals surface area (Å²) < 4.78 is 32.3. The van der Waals surface area contributed by atoms with Crippen LogP contribution in [0.1, 0.15) is 24.2 Å². The molecule has 0 heterocycles. The average molecular weight is 397 g/mol. The first-order valence-corrected chi connectivity index (χ1v) is 9.83. The summed E-state index contributed by atoms with van der Waals surface area (Å²) in [7, 11) is -2.27. The molecule has 2 rings (SSSR count). The monoisotopic (exact) mass is 396 g/mol. The van der Waals surface area contributed by atoms with Gasteiger partial charge >= 0.3 is 0 Å². The number of nitrogens with one attached hydrogen (secondary N) is 2. The van der Waals surface area contributed by atoms with Gasteiger partial charge in [0.05, 0.1) is 28.3 Å². The number of methoxy groups -OCH3 is 1. The molecule has 0 unspecified atom stereocenters. The van der Waals surface area contributed by atoms with E-state index in [-0.39, 0.29) is 21.5 Å². The molecule has 1 amide bonds. The molecule has 2 N–H and O–H groups in total. The van der Waals surface area contributed by atoms with Crippen molar-refractivity contribution < 1.29 is 17.9 Å². The molecule has 0 saturated heterocycles. The van der Waals surface area contributed by atoms with E-state index in [0.29, 0.717) is 23.8 Å². The number of rotatable bonds is 7. The van der Waals surface area contributed by atoms with Crippen LogP contribution in [0.15, 0.2) is 47.4 Å². The van der Waals surface area contributed by atoms with Crippen LogP contribution in [0.5, 0.6) is 5.75 Å². The summed E-state index contributed by atoms with van der Waals surface area (Å²) in [5.74, 6) is 0.574. The Bertz CT molecular complexity index is 881. The van der Waals surface area contributed by atoms with E-state index in [2.05, 4.69) is 10.0 Å². The van der Waals surface area contributed by atoms with Crippen LogP contribution in [0, 0.1) is 5.92 Å². The van der Waals surface area contributed by atoms with E-state index in [1.165, 1.54) is 37.4 Å². The predicted molar refractivity (Wildman–Crippen MR) is 102 cm³/mol. The van der Waals surface area contributed by atoms with E-state index in [4.69, 9.17) is 16.3 Å². The van der Waals surface area contributed by atoms with E-state index < -0.39 is 10.0 Å². The van der Waals surface area contributed by atoms with Crippen molar-refractivity contribution in [2.75, 3.05) is 18.4 Å². The Kier molecular flexibility index (Phi) is 6.50. The molecule has 140 valence electrons. The summed E-state index contributed by atoms with van der Waals surface area (Å²) in [4.78, 5) is 12.2. The lowest BCUT2D eigenvalue weighted by Crippen LogP contribution is -2.27. The molecule has 0 fully saturated rings. The number of amides is 1. The van der Waals surface area contributed by atoms with E-state index in [1.807, 2.05) is 13.8 Å². The number of hydrogen-bond donors (Lipinski definition) is 2. The lowest BCUT2D eigenvalue weighted by atomic mass is 10.1. The molecule has 0 aliphatic rings. The average Bonchev–Trinajstić information content (AvgIpc) is 2.59. The minimum absolute atomic E-state index is 0.0909. The maximum absolute atomic E-state index is 12.4. The molecule has 0 radical (unpaired) electrons. The van der Waals surface area contributed by atoms with Crippen molar-refractivity contribution in [1.29, 1.82) is 0 Å². The Morgan fingerprint density at radius 2 is 1.81 bits per heavy atom. The number of hydrogen-bond acceptors (Lipinski definition) is 4. The third-order valence-electron chi connectivity index (χ3n) is 3.51. The molecule has 8 heteroatoms. The van der Waals surface area contributed by atoms with Crippen LogP contribution >= 0.6 is 11.6 Å². The topological polar surface area (TPSA) is 84.5 Å². The van der Waals surface area contributed by atoms with Gasteiger partial charge in [-0.05, 0) is 48.4 Å². The Morgan fingerprint density at radius 3 is 2.35 bits per heavy atom. The lowest BCUT2D eigenvalue weighted by molar-refractivity contribution is 0.0949. The first-order chi connectivity index (χ1) is 12.2. The zero-order valence-corrected chi connectivity index (χ0v) is 16.3. The number of carbonyl (C=O) groups is 1. The molecule has 0 spiro atoms. The van der Waals surface area contributed by atoms with Crippen molar-refractivity contribution in [3.05, 3.63) is 53.1 Å². The summed E-state index contributed by atoms with van der Waals surface area (Å²) in [5, 5.41) is 2.94. The quantitative estimate of drug-likeness (QED) is 0.749. The van der Waals surface area contributed by atoms with Crippen molar-refractivity contribution in [2.45, 2.75) is 18.7 Å². The third-order valence-corrected chi connectivity index (χ3v) is 5.22. The summed E-state index contributed by atoms with van der Waals surface area (Å²) in [5.41, 5.74) is 0.561. The minimum atomic E-state index is -3.77. The number of anilines is 1. The Labute approximate surface area is 158 Å². The number of benzene rings is 2. The van der Waals surface area contributed by atoms with Crippen molar-refractivity contribution in [3.8, 4) is 5.75 Å². The molecule has 0 bridgehead atoms. The van der Waals surface area contributed by atoms with Gasteiger partial charge in [0.15, 0.2) is 0 Å². The molecule has 2 aromatic carbocycles. The second-order valence-electron chi connectivity index (χ2n) is 6.08. The fourth-order valence-corrected chi connectivity index (χ4v) is 3.44. The Balaban J connectivity index is 2.16. The van der Waals surface area contributed by atoms with E-state index in [1.54, 1.807) is 12.1 Å². The predicted octanol–water partition coefficient (Wildman–Crippen LogP) is 3.54. The summed E-state index contributed by atoms with van der Waals surface area (Å²) in [6.07, 6.45) is 0. The highest BCUT2D eigenvalue weighted by Crippen LogP contribution is 2.24. The van der Waals surface area contributed by atoms with Crippen LogP contribution in [-0.4, -0.2) is 28.0 Å². The van der Waals surface area contributed by atoms with Gasteiger partial charge in [0.2, 0.25) is 0 Å². The van der Waals surface area contributed by atoms with Crippen LogP contribution < -0.4 is 14.8 Å². The summed E-state index contributed by atoms with van der Waals surface area (Å²) >= 11 is 6.14. The standard InChI is InChI=1S/C18H21ClN2O4S/c1-12(2)11-20-18(22)16-9-4-13(10-17(16)19)21-26(23,24)15-7-5-14(25-3)6-8-15/h4-10,12,21H,11H2,1-3H3,(H,20,22). The molecule has 0 aliphatic carbocycles. The molecule has 2 aromatic rings. The van der Waals surface area contributed by atoms with Gasteiger partial charge in [-0.3, -0.25) is 9.52 Å². The van der Waals surface area contributed by atoms with Gasteiger partial charge in [0.1, 0.15) is 5.75 Å². The fraction of sp³-hybridized carbons (Fsp3) is 0.278. The van der Waals surface area contributed by atoms with Crippen molar-refractivity contribution in [1.82, 2.24) is 5.32 Å². The highest BCUT2D eigenvalue weighted by atomic mass is 35.5. The fourth-order valence-electron chi connectivity index (χ4n) is 2.12. The molecule has 0 atom stereocenters. The highest BCUT2D eigenvalue weighted by molar-refractivity contribution is 7.92. The SMILES string of the molecule is COc1ccc(S(=O)(=O)Nc2ccc(C(=O)NCC(C)C)c(Cl)c2)cc1.